The third kappa shape index (κ3) is 7.00. The first-order valence-electron chi connectivity index (χ1n) is 12.4. The Bertz CT molecular complexity index is 1470. The molecule has 8 nitrogen and oxygen atoms in total. The summed E-state index contributed by atoms with van der Waals surface area (Å²) in [6.07, 6.45) is 1.51. The minimum absolute atomic E-state index is 0.0481. The number of hydrogen-bond donors (Lipinski definition) is 1. The Labute approximate surface area is 232 Å². The van der Waals surface area contributed by atoms with Crippen molar-refractivity contribution in [2.75, 3.05) is 12.9 Å². The van der Waals surface area contributed by atoms with Gasteiger partial charge in [-0.15, -0.1) is 10.2 Å². The van der Waals surface area contributed by atoms with E-state index in [1.54, 1.807) is 24.3 Å². The molecule has 0 unspecified atom stereocenters. The number of methoxy groups -OCH3 is 1. The lowest BCUT2D eigenvalue weighted by Gasteiger charge is -2.19. The number of aromatic nitrogens is 3. The van der Waals surface area contributed by atoms with E-state index >= 15 is 0 Å². The molecule has 9 heteroatoms. The van der Waals surface area contributed by atoms with Crippen LogP contribution in [0.25, 0.3) is 17.1 Å². The zero-order valence-electron chi connectivity index (χ0n) is 22.6. The maximum Gasteiger partial charge on any atom is 0.337 e. The summed E-state index contributed by atoms with van der Waals surface area (Å²) in [5, 5.41) is 13.5. The van der Waals surface area contributed by atoms with E-state index in [9.17, 15) is 9.59 Å². The van der Waals surface area contributed by atoms with Crippen molar-refractivity contribution in [3.8, 4) is 17.1 Å². The Morgan fingerprint density at radius 1 is 0.974 bits per heavy atom. The van der Waals surface area contributed by atoms with Gasteiger partial charge in [-0.05, 0) is 47.7 Å². The van der Waals surface area contributed by atoms with Crippen LogP contribution in [0.1, 0.15) is 47.8 Å². The van der Waals surface area contributed by atoms with Crippen molar-refractivity contribution in [2.24, 2.45) is 5.10 Å². The number of nitrogens with one attached hydrogen (secondary N) is 1. The summed E-state index contributed by atoms with van der Waals surface area (Å²) < 4.78 is 6.66. The van der Waals surface area contributed by atoms with Gasteiger partial charge in [0.2, 0.25) is 0 Å². The molecule has 3 aromatic carbocycles. The third-order valence-corrected chi connectivity index (χ3v) is 6.93. The molecule has 0 radical (unpaired) electrons. The van der Waals surface area contributed by atoms with Crippen LogP contribution in [0.2, 0.25) is 0 Å². The molecule has 0 bridgehead atoms. The predicted molar refractivity (Wildman–Crippen MR) is 154 cm³/mol. The van der Waals surface area contributed by atoms with Gasteiger partial charge in [0, 0.05) is 11.3 Å². The fraction of sp³-hybridized carbons (Fsp3) is 0.233. The normalized spacial score (nSPS) is 11.5. The quantitative estimate of drug-likeness (QED) is 0.136. The van der Waals surface area contributed by atoms with Crippen LogP contribution in [-0.4, -0.2) is 45.7 Å². The first-order chi connectivity index (χ1) is 18.7. The molecule has 0 atom stereocenters. The molecule has 1 amide bonds. The Kier molecular flexibility index (Phi) is 8.61. The number of nitrogens with zero attached hydrogens (tertiary/aromatic N) is 4. The molecule has 0 aliphatic heterocycles. The average molecular weight is 542 g/mol. The number of ether oxygens (including phenoxy) is 1. The number of benzene rings is 3. The minimum atomic E-state index is -0.410. The van der Waals surface area contributed by atoms with E-state index in [-0.39, 0.29) is 17.1 Å². The Hall–Kier alpha value is -4.24. The molecular weight excluding hydrogens is 510 g/mol. The summed E-state index contributed by atoms with van der Waals surface area (Å²) >= 11 is 1.28. The van der Waals surface area contributed by atoms with Gasteiger partial charge in [-0.2, -0.15) is 5.10 Å². The highest BCUT2D eigenvalue weighted by atomic mass is 32.2. The number of hydrazone groups is 1. The Balaban J connectivity index is 1.48. The molecule has 0 fully saturated rings. The summed E-state index contributed by atoms with van der Waals surface area (Å²) in [5.74, 6) is 0.117. The van der Waals surface area contributed by atoms with Crippen LogP contribution >= 0.6 is 11.8 Å². The van der Waals surface area contributed by atoms with Crippen LogP contribution in [0.3, 0.4) is 0 Å². The van der Waals surface area contributed by atoms with Crippen molar-refractivity contribution in [1.29, 1.82) is 0 Å². The second-order valence-electron chi connectivity index (χ2n) is 10.00. The SMILES string of the molecule is COC(=O)c1ccc(C=NNC(=O)CSc2nnc(-c3ccc(C(C)(C)C)cc3)n2-c2ccc(C)cc2)cc1. The third-order valence-electron chi connectivity index (χ3n) is 6.00. The number of esters is 1. The molecule has 4 aromatic rings. The number of aryl methyl sites for hydroxylation is 1. The first-order valence-corrected chi connectivity index (χ1v) is 13.4. The molecule has 0 aliphatic carbocycles. The molecule has 1 aromatic heterocycles. The second-order valence-corrected chi connectivity index (χ2v) is 10.9. The van der Waals surface area contributed by atoms with Gasteiger partial charge in [-0.3, -0.25) is 9.36 Å². The highest BCUT2D eigenvalue weighted by Gasteiger charge is 2.19. The number of hydrogen-bond acceptors (Lipinski definition) is 7. The van der Waals surface area contributed by atoms with E-state index < -0.39 is 5.97 Å². The topological polar surface area (TPSA) is 98.5 Å². The zero-order chi connectivity index (χ0) is 28.0. The monoisotopic (exact) mass is 541 g/mol. The standard InChI is InChI=1S/C30H31N5O3S/c1-20-6-16-25(17-7-20)35-27(22-12-14-24(15-13-22)30(2,3)4)33-34-29(35)39-19-26(36)32-31-18-21-8-10-23(11-9-21)28(37)38-5/h6-18H,19H2,1-5H3,(H,32,36). The molecule has 0 saturated heterocycles. The largest absolute Gasteiger partial charge is 0.465 e. The van der Waals surface area contributed by atoms with E-state index in [1.807, 2.05) is 35.8 Å². The molecule has 1 N–H and O–H groups in total. The van der Waals surface area contributed by atoms with Crippen molar-refractivity contribution >= 4 is 29.9 Å². The molecule has 4 rings (SSSR count). The van der Waals surface area contributed by atoms with E-state index in [2.05, 4.69) is 65.8 Å². The molecule has 0 saturated carbocycles. The minimum Gasteiger partial charge on any atom is -0.465 e. The van der Waals surface area contributed by atoms with Crippen LogP contribution in [0.15, 0.2) is 83.1 Å². The summed E-state index contributed by atoms with van der Waals surface area (Å²) in [5.41, 5.74) is 8.00. The number of carbonyl (C=O) groups is 2. The van der Waals surface area contributed by atoms with Crippen molar-refractivity contribution in [1.82, 2.24) is 20.2 Å². The van der Waals surface area contributed by atoms with Crippen molar-refractivity contribution in [2.45, 2.75) is 38.3 Å². The summed E-state index contributed by atoms with van der Waals surface area (Å²) in [7, 11) is 1.33. The summed E-state index contributed by atoms with van der Waals surface area (Å²) in [4.78, 5) is 24.1. The fourth-order valence-corrected chi connectivity index (χ4v) is 4.50. The lowest BCUT2D eigenvalue weighted by atomic mass is 9.87. The molecule has 1 heterocycles. The van der Waals surface area contributed by atoms with Crippen LogP contribution in [0.4, 0.5) is 0 Å². The van der Waals surface area contributed by atoms with E-state index in [0.29, 0.717) is 16.5 Å². The van der Waals surface area contributed by atoms with Gasteiger partial charge < -0.3 is 4.74 Å². The summed E-state index contributed by atoms with van der Waals surface area (Å²) in [6, 6.07) is 23.2. The smallest absolute Gasteiger partial charge is 0.337 e. The van der Waals surface area contributed by atoms with Gasteiger partial charge in [-0.1, -0.05) is 86.6 Å². The van der Waals surface area contributed by atoms with Crippen molar-refractivity contribution in [3.63, 3.8) is 0 Å². The number of rotatable bonds is 8. The summed E-state index contributed by atoms with van der Waals surface area (Å²) in [6.45, 7) is 8.58. The number of carbonyl (C=O) groups excluding carboxylic acids is 2. The van der Waals surface area contributed by atoms with Gasteiger partial charge >= 0.3 is 5.97 Å². The predicted octanol–water partition coefficient (Wildman–Crippen LogP) is 5.57. The highest BCUT2D eigenvalue weighted by molar-refractivity contribution is 7.99. The van der Waals surface area contributed by atoms with Crippen molar-refractivity contribution in [3.05, 3.63) is 95.1 Å². The lowest BCUT2D eigenvalue weighted by Crippen LogP contribution is -2.20. The average Bonchev–Trinajstić information content (AvgIpc) is 3.36. The fourth-order valence-electron chi connectivity index (χ4n) is 3.76. The van der Waals surface area contributed by atoms with Crippen LogP contribution in [0, 0.1) is 6.92 Å². The Morgan fingerprint density at radius 2 is 1.64 bits per heavy atom. The van der Waals surface area contributed by atoms with Gasteiger partial charge in [0.25, 0.3) is 5.91 Å². The second kappa shape index (κ2) is 12.1. The van der Waals surface area contributed by atoms with Gasteiger partial charge in [-0.25, -0.2) is 10.2 Å². The van der Waals surface area contributed by atoms with Gasteiger partial charge in [0.1, 0.15) is 0 Å². The molecular formula is C30H31N5O3S. The van der Waals surface area contributed by atoms with Gasteiger partial charge in [0.05, 0.1) is 24.6 Å². The Morgan fingerprint density at radius 3 is 2.26 bits per heavy atom. The lowest BCUT2D eigenvalue weighted by molar-refractivity contribution is -0.118. The maximum absolute atomic E-state index is 12.5. The molecule has 0 aliphatic rings. The molecule has 200 valence electrons. The van der Waals surface area contributed by atoms with Crippen LogP contribution < -0.4 is 5.43 Å². The van der Waals surface area contributed by atoms with E-state index in [4.69, 9.17) is 4.74 Å². The van der Waals surface area contributed by atoms with Gasteiger partial charge in [0.15, 0.2) is 11.0 Å². The number of thioether (sulfide) groups is 1. The van der Waals surface area contributed by atoms with Crippen LogP contribution in [0.5, 0.6) is 0 Å². The zero-order valence-corrected chi connectivity index (χ0v) is 23.5. The molecule has 0 spiro atoms. The first kappa shape index (κ1) is 27.8. The van der Waals surface area contributed by atoms with E-state index in [1.165, 1.54) is 30.6 Å². The van der Waals surface area contributed by atoms with Crippen LogP contribution in [-0.2, 0) is 14.9 Å². The van der Waals surface area contributed by atoms with Crippen molar-refractivity contribution < 1.29 is 14.3 Å². The van der Waals surface area contributed by atoms with E-state index in [0.717, 1.165) is 22.4 Å². The maximum atomic E-state index is 12.5. The number of amides is 1. The highest BCUT2D eigenvalue weighted by Crippen LogP contribution is 2.30. The molecule has 39 heavy (non-hydrogen) atoms.